The summed E-state index contributed by atoms with van der Waals surface area (Å²) in [4.78, 5) is 27.4. The van der Waals surface area contributed by atoms with Gasteiger partial charge in [-0.1, -0.05) is 48.0 Å². The van der Waals surface area contributed by atoms with E-state index in [1.807, 2.05) is 6.07 Å². The topological polar surface area (TPSA) is 73.1 Å². The van der Waals surface area contributed by atoms with Crippen molar-refractivity contribution in [2.75, 3.05) is 0 Å². The van der Waals surface area contributed by atoms with E-state index in [4.69, 9.17) is 11.6 Å². The number of carbonyl (C=O) groups is 1. The Balaban J connectivity index is 1.98. The third kappa shape index (κ3) is 3.89. The number of pyridine rings is 1. The van der Waals surface area contributed by atoms with Crippen LogP contribution in [-0.4, -0.2) is 15.7 Å². The fraction of sp³-hybridized carbons (Fsp3) is 0.0526. The zero-order valence-corrected chi connectivity index (χ0v) is 13.8. The van der Waals surface area contributed by atoms with Crippen LogP contribution >= 0.6 is 11.6 Å². The standard InChI is InChI=1S/C19H13ClN2O3/c20-18-9-6-13(12-21-18)10-16-11-15(7-8-17(16)22(24)25)19(23)14-4-2-1-3-5-14/h1-9,11-12H,10H2. The van der Waals surface area contributed by atoms with E-state index in [0.717, 1.165) is 5.56 Å². The summed E-state index contributed by atoms with van der Waals surface area (Å²) in [6.07, 6.45) is 1.86. The lowest BCUT2D eigenvalue weighted by molar-refractivity contribution is -0.385. The van der Waals surface area contributed by atoms with Crippen LogP contribution in [-0.2, 0) is 6.42 Å². The summed E-state index contributed by atoms with van der Waals surface area (Å²) in [6.45, 7) is 0. The summed E-state index contributed by atoms with van der Waals surface area (Å²) < 4.78 is 0. The molecule has 0 saturated heterocycles. The number of nitrogens with zero attached hydrogens (tertiary/aromatic N) is 2. The molecule has 6 heteroatoms. The molecule has 5 nitrogen and oxygen atoms in total. The van der Waals surface area contributed by atoms with Crippen LogP contribution in [0.15, 0.2) is 66.9 Å². The molecule has 2 aromatic carbocycles. The molecule has 0 unspecified atom stereocenters. The van der Waals surface area contributed by atoms with E-state index in [1.165, 1.54) is 12.1 Å². The minimum Gasteiger partial charge on any atom is -0.289 e. The highest BCUT2D eigenvalue weighted by Gasteiger charge is 2.18. The first-order valence-corrected chi connectivity index (χ1v) is 7.90. The molecule has 0 N–H and O–H groups in total. The number of hydrogen-bond donors (Lipinski definition) is 0. The zero-order chi connectivity index (χ0) is 17.8. The summed E-state index contributed by atoms with van der Waals surface area (Å²) in [5.41, 5.74) is 2.15. The molecule has 124 valence electrons. The molecule has 0 spiro atoms. The number of aromatic nitrogens is 1. The van der Waals surface area contributed by atoms with Gasteiger partial charge in [-0.2, -0.15) is 0 Å². The Morgan fingerprint density at radius 2 is 1.80 bits per heavy atom. The highest BCUT2D eigenvalue weighted by atomic mass is 35.5. The van der Waals surface area contributed by atoms with Gasteiger partial charge in [0.05, 0.1) is 4.92 Å². The average molecular weight is 353 g/mol. The first-order chi connectivity index (χ1) is 12.0. The van der Waals surface area contributed by atoms with Gasteiger partial charge in [-0.3, -0.25) is 14.9 Å². The number of nitro benzene ring substituents is 1. The molecule has 0 aliphatic rings. The highest BCUT2D eigenvalue weighted by Crippen LogP contribution is 2.24. The summed E-state index contributed by atoms with van der Waals surface area (Å²) in [6, 6.07) is 16.6. The van der Waals surface area contributed by atoms with E-state index in [-0.39, 0.29) is 17.9 Å². The van der Waals surface area contributed by atoms with Gasteiger partial charge >= 0.3 is 0 Å². The normalized spacial score (nSPS) is 10.4. The van der Waals surface area contributed by atoms with Gasteiger partial charge in [0, 0.05) is 35.4 Å². The van der Waals surface area contributed by atoms with Crippen molar-refractivity contribution in [2.24, 2.45) is 0 Å². The van der Waals surface area contributed by atoms with Crippen LogP contribution in [0.1, 0.15) is 27.0 Å². The summed E-state index contributed by atoms with van der Waals surface area (Å²) in [7, 11) is 0. The second-order valence-electron chi connectivity index (χ2n) is 5.46. The SMILES string of the molecule is O=C(c1ccccc1)c1ccc([N+](=O)[O-])c(Cc2ccc(Cl)nc2)c1. The molecule has 1 aromatic heterocycles. The quantitative estimate of drug-likeness (QED) is 0.294. The van der Waals surface area contributed by atoms with Crippen LogP contribution < -0.4 is 0 Å². The molecular formula is C19H13ClN2O3. The number of halogens is 1. The minimum atomic E-state index is -0.449. The van der Waals surface area contributed by atoms with Crippen LogP contribution in [0.4, 0.5) is 5.69 Å². The van der Waals surface area contributed by atoms with Crippen LogP contribution in [0.3, 0.4) is 0 Å². The molecule has 0 bridgehead atoms. The maximum atomic E-state index is 12.6. The van der Waals surface area contributed by atoms with Crippen molar-refractivity contribution in [2.45, 2.75) is 6.42 Å². The van der Waals surface area contributed by atoms with E-state index in [1.54, 1.807) is 48.7 Å². The van der Waals surface area contributed by atoms with E-state index in [2.05, 4.69) is 4.98 Å². The fourth-order valence-corrected chi connectivity index (χ4v) is 2.65. The van der Waals surface area contributed by atoms with Gasteiger partial charge in [-0.05, 0) is 23.8 Å². The minimum absolute atomic E-state index is 0.0282. The van der Waals surface area contributed by atoms with Crippen molar-refractivity contribution < 1.29 is 9.72 Å². The maximum absolute atomic E-state index is 12.6. The predicted molar refractivity (Wildman–Crippen MR) is 95.0 cm³/mol. The van der Waals surface area contributed by atoms with Crippen molar-refractivity contribution >= 4 is 23.1 Å². The zero-order valence-electron chi connectivity index (χ0n) is 13.1. The molecule has 25 heavy (non-hydrogen) atoms. The van der Waals surface area contributed by atoms with Crippen LogP contribution in [0.2, 0.25) is 5.15 Å². The number of hydrogen-bond acceptors (Lipinski definition) is 4. The van der Waals surface area contributed by atoms with Gasteiger partial charge < -0.3 is 0 Å². The number of rotatable bonds is 5. The second-order valence-corrected chi connectivity index (χ2v) is 5.85. The smallest absolute Gasteiger partial charge is 0.272 e. The van der Waals surface area contributed by atoms with Crippen molar-refractivity contribution in [3.8, 4) is 0 Å². The van der Waals surface area contributed by atoms with E-state index in [0.29, 0.717) is 21.8 Å². The molecule has 0 radical (unpaired) electrons. The molecule has 0 amide bonds. The van der Waals surface area contributed by atoms with Crippen LogP contribution in [0.25, 0.3) is 0 Å². The molecule has 0 fully saturated rings. The van der Waals surface area contributed by atoms with Crippen LogP contribution in [0, 0.1) is 10.1 Å². The summed E-state index contributed by atoms with van der Waals surface area (Å²) in [5, 5.41) is 11.7. The number of nitro groups is 1. The molecule has 0 aliphatic heterocycles. The Morgan fingerprint density at radius 1 is 1.04 bits per heavy atom. The first-order valence-electron chi connectivity index (χ1n) is 7.52. The van der Waals surface area contributed by atoms with Crippen molar-refractivity contribution in [3.63, 3.8) is 0 Å². The van der Waals surface area contributed by atoms with E-state index >= 15 is 0 Å². The second kappa shape index (κ2) is 7.23. The van der Waals surface area contributed by atoms with Gasteiger partial charge in [0.25, 0.3) is 5.69 Å². The highest BCUT2D eigenvalue weighted by molar-refractivity contribution is 6.29. The molecule has 0 saturated carbocycles. The number of ketones is 1. The molecule has 3 aromatic rings. The number of carbonyl (C=O) groups excluding carboxylic acids is 1. The maximum Gasteiger partial charge on any atom is 0.272 e. The lowest BCUT2D eigenvalue weighted by Gasteiger charge is -2.07. The fourth-order valence-electron chi connectivity index (χ4n) is 2.53. The first kappa shape index (κ1) is 16.8. The molecule has 3 rings (SSSR count). The molecule has 0 aliphatic carbocycles. The molecular weight excluding hydrogens is 340 g/mol. The van der Waals surface area contributed by atoms with Crippen LogP contribution in [0.5, 0.6) is 0 Å². The lowest BCUT2D eigenvalue weighted by atomic mass is 9.97. The number of benzene rings is 2. The Morgan fingerprint density at radius 3 is 2.44 bits per heavy atom. The molecule has 1 heterocycles. The Bertz CT molecular complexity index is 925. The Labute approximate surface area is 149 Å². The summed E-state index contributed by atoms with van der Waals surface area (Å²) >= 11 is 5.77. The van der Waals surface area contributed by atoms with Crippen molar-refractivity contribution in [1.29, 1.82) is 0 Å². The monoisotopic (exact) mass is 352 g/mol. The van der Waals surface area contributed by atoms with Gasteiger partial charge in [-0.25, -0.2) is 4.98 Å². The largest absolute Gasteiger partial charge is 0.289 e. The van der Waals surface area contributed by atoms with Crippen molar-refractivity contribution in [3.05, 3.63) is 104 Å². The van der Waals surface area contributed by atoms with E-state index in [9.17, 15) is 14.9 Å². The van der Waals surface area contributed by atoms with Gasteiger partial charge in [0.15, 0.2) is 5.78 Å². The third-order valence-electron chi connectivity index (χ3n) is 3.76. The lowest BCUT2D eigenvalue weighted by Crippen LogP contribution is -2.04. The van der Waals surface area contributed by atoms with Gasteiger partial charge in [0.1, 0.15) is 5.15 Å². The predicted octanol–water partition coefficient (Wildman–Crippen LogP) is 4.47. The Kier molecular flexibility index (Phi) is 4.86. The van der Waals surface area contributed by atoms with E-state index < -0.39 is 4.92 Å². The summed E-state index contributed by atoms with van der Waals surface area (Å²) in [5.74, 6) is -0.175. The van der Waals surface area contributed by atoms with Crippen molar-refractivity contribution in [1.82, 2.24) is 4.98 Å². The van der Waals surface area contributed by atoms with Gasteiger partial charge in [-0.15, -0.1) is 0 Å². The average Bonchev–Trinajstić information content (AvgIpc) is 2.63. The molecule has 0 atom stereocenters. The van der Waals surface area contributed by atoms with Gasteiger partial charge in [0.2, 0.25) is 0 Å². The Hall–Kier alpha value is -3.05. The third-order valence-corrected chi connectivity index (χ3v) is 3.98.